The lowest BCUT2D eigenvalue weighted by molar-refractivity contribution is 0.0663. The normalized spacial score (nSPS) is 16.9. The summed E-state index contributed by atoms with van der Waals surface area (Å²) in [5.74, 6) is 0.338. The molecule has 1 fully saturated rings. The van der Waals surface area contributed by atoms with Gasteiger partial charge in [0.15, 0.2) is 0 Å². The monoisotopic (exact) mass is 236 g/mol. The minimum atomic E-state index is -0.775. The first-order valence-corrected chi connectivity index (χ1v) is 5.70. The average Bonchev–Trinajstić information content (AvgIpc) is 2.39. The maximum Gasteiger partial charge on any atom is 0.257 e. The van der Waals surface area contributed by atoms with E-state index in [1.54, 1.807) is 23.1 Å². The van der Waals surface area contributed by atoms with Crippen molar-refractivity contribution in [2.24, 2.45) is 0 Å². The van der Waals surface area contributed by atoms with Crippen LogP contribution in [0.3, 0.4) is 0 Å². The smallest absolute Gasteiger partial charge is 0.257 e. The zero-order valence-corrected chi connectivity index (χ0v) is 9.78. The Morgan fingerprint density at radius 3 is 2.88 bits per heavy atom. The second kappa shape index (κ2) is 5.17. The summed E-state index contributed by atoms with van der Waals surface area (Å²) in [6, 6.07) is 8.02. The number of likely N-dealkylation sites (tertiary alicyclic amines) is 1. The number of carbonyl (C=O) groups is 1. The fourth-order valence-corrected chi connectivity index (χ4v) is 1.98. The van der Waals surface area contributed by atoms with Crippen molar-refractivity contribution in [3.8, 4) is 5.75 Å². The fourth-order valence-electron chi connectivity index (χ4n) is 1.98. The molecule has 0 N–H and O–H groups in total. The third kappa shape index (κ3) is 2.57. The van der Waals surface area contributed by atoms with Crippen LogP contribution in [0.15, 0.2) is 18.2 Å². The molecule has 1 saturated heterocycles. The highest BCUT2D eigenvalue weighted by molar-refractivity contribution is 5.96. The van der Waals surface area contributed by atoms with E-state index in [-0.39, 0.29) is 5.91 Å². The van der Waals surface area contributed by atoms with Crippen LogP contribution in [-0.2, 0) is 0 Å². The highest BCUT2D eigenvalue weighted by Crippen LogP contribution is 2.21. The molecule has 1 aliphatic rings. The van der Waals surface area contributed by atoms with E-state index in [4.69, 9.17) is 4.74 Å². The van der Waals surface area contributed by atoms with E-state index in [1.807, 2.05) is 0 Å². The Hall–Kier alpha value is -1.58. The van der Waals surface area contributed by atoms with Gasteiger partial charge in [-0.3, -0.25) is 4.79 Å². The molecule has 0 saturated carbocycles. The van der Waals surface area contributed by atoms with Gasteiger partial charge in [0.1, 0.15) is 11.9 Å². The van der Waals surface area contributed by atoms with E-state index in [0.717, 1.165) is 0 Å². The summed E-state index contributed by atoms with van der Waals surface area (Å²) in [5, 5.41) is 0. The molecule has 1 radical (unpaired) electrons. The summed E-state index contributed by atoms with van der Waals surface area (Å²) in [6.45, 7) is 0.941. The van der Waals surface area contributed by atoms with Crippen LogP contribution in [-0.4, -0.2) is 37.2 Å². The predicted molar refractivity (Wildman–Crippen MR) is 61.9 cm³/mol. The Bertz CT molecular complexity index is 400. The van der Waals surface area contributed by atoms with Crippen molar-refractivity contribution in [2.75, 3.05) is 20.2 Å². The van der Waals surface area contributed by atoms with E-state index in [1.165, 1.54) is 7.11 Å². The summed E-state index contributed by atoms with van der Waals surface area (Å²) >= 11 is 0. The van der Waals surface area contributed by atoms with Crippen LogP contribution < -0.4 is 4.74 Å². The SMILES string of the molecule is COc1[c]cccc1C(=O)N1CCC(F)CC1. The van der Waals surface area contributed by atoms with Gasteiger partial charge in [-0.2, -0.15) is 0 Å². The molecule has 0 spiro atoms. The van der Waals surface area contributed by atoms with Crippen molar-refractivity contribution in [3.63, 3.8) is 0 Å². The van der Waals surface area contributed by atoms with Crippen molar-refractivity contribution < 1.29 is 13.9 Å². The number of methoxy groups -OCH3 is 1. The molecule has 0 aromatic heterocycles. The molecule has 0 bridgehead atoms. The molecule has 1 heterocycles. The number of halogens is 1. The molecule has 1 aromatic carbocycles. The Balaban J connectivity index is 2.14. The van der Waals surface area contributed by atoms with E-state index >= 15 is 0 Å². The van der Waals surface area contributed by atoms with Crippen LogP contribution in [0.4, 0.5) is 4.39 Å². The molecule has 91 valence electrons. The first-order chi connectivity index (χ1) is 8.22. The summed E-state index contributed by atoms with van der Waals surface area (Å²) in [5.41, 5.74) is 0.493. The number of amides is 1. The Morgan fingerprint density at radius 2 is 2.24 bits per heavy atom. The van der Waals surface area contributed by atoms with Gasteiger partial charge in [0.05, 0.1) is 12.7 Å². The van der Waals surface area contributed by atoms with Gasteiger partial charge in [-0.25, -0.2) is 4.39 Å². The lowest BCUT2D eigenvalue weighted by Crippen LogP contribution is -2.39. The molecule has 3 nitrogen and oxygen atoms in total. The van der Waals surface area contributed by atoms with Gasteiger partial charge < -0.3 is 9.64 Å². The number of benzene rings is 1. The van der Waals surface area contributed by atoms with Crippen molar-refractivity contribution in [1.82, 2.24) is 4.90 Å². The molecule has 1 aliphatic heterocycles. The summed E-state index contributed by atoms with van der Waals surface area (Å²) < 4.78 is 18.1. The summed E-state index contributed by atoms with van der Waals surface area (Å²) in [7, 11) is 1.51. The zero-order chi connectivity index (χ0) is 12.3. The number of nitrogens with zero attached hydrogens (tertiary/aromatic N) is 1. The molecular formula is C13H15FNO2. The minimum absolute atomic E-state index is 0.106. The number of piperidine rings is 1. The van der Waals surface area contributed by atoms with E-state index < -0.39 is 6.17 Å². The third-order valence-electron chi connectivity index (χ3n) is 2.96. The van der Waals surface area contributed by atoms with Crippen LogP contribution in [0.5, 0.6) is 5.75 Å². The Morgan fingerprint density at radius 1 is 1.53 bits per heavy atom. The van der Waals surface area contributed by atoms with Crippen LogP contribution in [0.1, 0.15) is 23.2 Å². The lowest BCUT2D eigenvalue weighted by Gasteiger charge is -2.29. The van der Waals surface area contributed by atoms with Gasteiger partial charge in [0.25, 0.3) is 5.91 Å². The first-order valence-electron chi connectivity index (χ1n) is 5.70. The van der Waals surface area contributed by atoms with Crippen LogP contribution in [0.2, 0.25) is 0 Å². The average molecular weight is 236 g/mol. The maximum atomic E-state index is 13.0. The second-order valence-electron chi connectivity index (χ2n) is 4.08. The molecule has 4 heteroatoms. The number of alkyl halides is 1. The van der Waals surface area contributed by atoms with Gasteiger partial charge >= 0.3 is 0 Å². The molecule has 2 rings (SSSR count). The number of para-hydroxylation sites is 1. The quantitative estimate of drug-likeness (QED) is 0.786. The highest BCUT2D eigenvalue weighted by atomic mass is 19.1. The molecule has 17 heavy (non-hydrogen) atoms. The van der Waals surface area contributed by atoms with Crippen molar-refractivity contribution >= 4 is 5.91 Å². The van der Waals surface area contributed by atoms with Crippen molar-refractivity contribution in [1.29, 1.82) is 0 Å². The number of hydrogen-bond acceptors (Lipinski definition) is 2. The number of ether oxygens (including phenoxy) is 1. The topological polar surface area (TPSA) is 29.5 Å². The van der Waals surface area contributed by atoms with Gasteiger partial charge in [0, 0.05) is 19.2 Å². The van der Waals surface area contributed by atoms with E-state index in [0.29, 0.717) is 37.2 Å². The van der Waals surface area contributed by atoms with Crippen LogP contribution in [0, 0.1) is 6.07 Å². The molecule has 0 unspecified atom stereocenters. The number of carbonyl (C=O) groups excluding carboxylic acids is 1. The van der Waals surface area contributed by atoms with Crippen molar-refractivity contribution in [2.45, 2.75) is 19.0 Å². The van der Waals surface area contributed by atoms with Gasteiger partial charge in [0.2, 0.25) is 0 Å². The van der Waals surface area contributed by atoms with E-state index in [2.05, 4.69) is 6.07 Å². The van der Waals surface area contributed by atoms with Crippen LogP contribution >= 0.6 is 0 Å². The number of hydrogen-bond donors (Lipinski definition) is 0. The van der Waals surface area contributed by atoms with Crippen molar-refractivity contribution in [3.05, 3.63) is 29.8 Å². The Labute approximate surface area is 100 Å². The van der Waals surface area contributed by atoms with E-state index in [9.17, 15) is 9.18 Å². The zero-order valence-electron chi connectivity index (χ0n) is 9.78. The first kappa shape index (κ1) is 11.9. The Kier molecular flexibility index (Phi) is 3.61. The van der Waals surface area contributed by atoms with Gasteiger partial charge in [-0.15, -0.1) is 0 Å². The highest BCUT2D eigenvalue weighted by Gasteiger charge is 2.24. The maximum absolute atomic E-state index is 13.0. The van der Waals surface area contributed by atoms with Gasteiger partial charge in [-0.05, 0) is 18.9 Å². The third-order valence-corrected chi connectivity index (χ3v) is 2.96. The molecule has 0 atom stereocenters. The fraction of sp³-hybridized carbons (Fsp3) is 0.462. The summed E-state index contributed by atoms with van der Waals surface area (Å²) in [6.07, 6.45) is 0.0677. The lowest BCUT2D eigenvalue weighted by atomic mass is 10.1. The number of rotatable bonds is 2. The summed E-state index contributed by atoms with van der Waals surface area (Å²) in [4.78, 5) is 13.9. The molecule has 1 aromatic rings. The molecule has 1 amide bonds. The van der Waals surface area contributed by atoms with Gasteiger partial charge in [-0.1, -0.05) is 12.1 Å². The van der Waals surface area contributed by atoms with Crippen LogP contribution in [0.25, 0.3) is 0 Å². The molecular weight excluding hydrogens is 221 g/mol. The standard InChI is InChI=1S/C13H15FNO2/c1-17-12-5-3-2-4-11(12)13(16)15-8-6-10(14)7-9-15/h2-4,10H,6-9H2,1H3. The second-order valence-corrected chi connectivity index (χ2v) is 4.08. The predicted octanol–water partition coefficient (Wildman–Crippen LogP) is 2.07. The largest absolute Gasteiger partial charge is 0.495 e. The molecule has 0 aliphatic carbocycles. The minimum Gasteiger partial charge on any atom is -0.495 e.